The molecular weight excluding hydrogens is 192 g/mol. The molecule has 0 unspecified atom stereocenters. The lowest BCUT2D eigenvalue weighted by Crippen LogP contribution is -2.04. The molecule has 1 aromatic carbocycles. The molecule has 0 aliphatic carbocycles. The van der Waals surface area contributed by atoms with Crippen molar-refractivity contribution in [3.05, 3.63) is 45.5 Å². The van der Waals surface area contributed by atoms with E-state index < -0.39 is 0 Å². The molecule has 0 saturated heterocycles. The smallest absolute Gasteiger partial charge is 0.276 e. The van der Waals surface area contributed by atoms with Crippen LogP contribution in [0, 0.1) is 17.0 Å². The van der Waals surface area contributed by atoms with Crippen molar-refractivity contribution in [2.24, 2.45) is 0 Å². The highest BCUT2D eigenvalue weighted by Crippen LogP contribution is 2.22. The number of nitrogens with zero attached hydrogens (tertiary/aromatic N) is 1. The first-order chi connectivity index (χ1) is 7.16. The predicted octanol–water partition coefficient (Wildman–Crippen LogP) is 2.14. The molecule has 0 amide bonds. The van der Waals surface area contributed by atoms with E-state index in [1.165, 1.54) is 6.07 Å². The number of rotatable bonds is 4. The number of hydrogen-bond donors (Lipinski definition) is 1. The highest BCUT2D eigenvalue weighted by atomic mass is 16.6. The first kappa shape index (κ1) is 11.4. The Balaban J connectivity index is 3.07. The Morgan fingerprint density at radius 1 is 1.53 bits per heavy atom. The molecule has 0 bridgehead atoms. The predicted molar refractivity (Wildman–Crippen MR) is 60.8 cm³/mol. The SMILES string of the molecule is CNCC=Cc1c(C)cccc1[N+](=O)[O-]. The van der Waals surface area contributed by atoms with E-state index in [1.807, 2.05) is 26.1 Å². The van der Waals surface area contributed by atoms with Crippen molar-refractivity contribution in [3.63, 3.8) is 0 Å². The third-order valence-electron chi connectivity index (χ3n) is 2.10. The fourth-order valence-corrected chi connectivity index (χ4v) is 1.34. The summed E-state index contributed by atoms with van der Waals surface area (Å²) in [6, 6.07) is 5.08. The summed E-state index contributed by atoms with van der Waals surface area (Å²) in [6.45, 7) is 2.57. The molecule has 80 valence electrons. The van der Waals surface area contributed by atoms with E-state index in [4.69, 9.17) is 0 Å². The molecule has 0 heterocycles. The summed E-state index contributed by atoms with van der Waals surface area (Å²) in [5.41, 5.74) is 1.75. The molecule has 1 N–H and O–H groups in total. The van der Waals surface area contributed by atoms with Crippen LogP contribution in [0.3, 0.4) is 0 Å². The zero-order valence-corrected chi connectivity index (χ0v) is 8.86. The molecule has 0 fully saturated rings. The van der Waals surface area contributed by atoms with Gasteiger partial charge in [-0.3, -0.25) is 10.1 Å². The maximum Gasteiger partial charge on any atom is 0.276 e. The minimum absolute atomic E-state index is 0.155. The molecule has 1 aromatic rings. The number of benzene rings is 1. The van der Waals surface area contributed by atoms with Crippen molar-refractivity contribution in [1.82, 2.24) is 5.32 Å². The Bertz CT molecular complexity index is 386. The van der Waals surface area contributed by atoms with Crippen LogP contribution in [0.1, 0.15) is 11.1 Å². The van der Waals surface area contributed by atoms with Gasteiger partial charge in [-0.2, -0.15) is 0 Å². The summed E-state index contributed by atoms with van der Waals surface area (Å²) in [6.07, 6.45) is 3.65. The Hall–Kier alpha value is -1.68. The van der Waals surface area contributed by atoms with Gasteiger partial charge in [0, 0.05) is 12.6 Å². The number of nitro groups is 1. The zero-order chi connectivity index (χ0) is 11.3. The number of nitro benzene ring substituents is 1. The van der Waals surface area contributed by atoms with Crippen molar-refractivity contribution in [2.75, 3.05) is 13.6 Å². The maximum absolute atomic E-state index is 10.8. The minimum atomic E-state index is -0.355. The molecule has 0 aliphatic rings. The molecule has 0 radical (unpaired) electrons. The standard InChI is InChI=1S/C11H14N2O2/c1-9-5-3-7-11(13(14)15)10(9)6-4-8-12-2/h3-7,12H,8H2,1-2H3. The number of aryl methyl sites for hydroxylation is 1. The average molecular weight is 206 g/mol. The number of nitrogens with one attached hydrogen (secondary N) is 1. The van der Waals surface area contributed by atoms with E-state index in [9.17, 15) is 10.1 Å². The molecule has 4 heteroatoms. The second kappa shape index (κ2) is 5.26. The summed E-state index contributed by atoms with van der Waals surface area (Å²) in [5.74, 6) is 0. The quantitative estimate of drug-likeness (QED) is 0.606. The van der Waals surface area contributed by atoms with Gasteiger partial charge in [-0.05, 0) is 19.5 Å². The van der Waals surface area contributed by atoms with Gasteiger partial charge in [0.25, 0.3) is 5.69 Å². The minimum Gasteiger partial charge on any atom is -0.316 e. The molecule has 0 aromatic heterocycles. The Labute approximate surface area is 88.8 Å². The molecule has 0 aliphatic heterocycles. The molecule has 0 atom stereocenters. The summed E-state index contributed by atoms with van der Waals surface area (Å²) in [5, 5.41) is 13.7. The largest absolute Gasteiger partial charge is 0.316 e. The van der Waals surface area contributed by atoms with Crippen LogP contribution in [0.2, 0.25) is 0 Å². The van der Waals surface area contributed by atoms with Gasteiger partial charge in [-0.25, -0.2) is 0 Å². The van der Waals surface area contributed by atoms with Gasteiger partial charge in [0.05, 0.1) is 10.5 Å². The molecular formula is C11H14N2O2. The molecule has 0 saturated carbocycles. The van der Waals surface area contributed by atoms with E-state index >= 15 is 0 Å². The Morgan fingerprint density at radius 2 is 2.27 bits per heavy atom. The van der Waals surface area contributed by atoms with Crippen molar-refractivity contribution in [3.8, 4) is 0 Å². The lowest BCUT2D eigenvalue weighted by atomic mass is 10.1. The monoisotopic (exact) mass is 206 g/mol. The van der Waals surface area contributed by atoms with Crippen LogP contribution in [-0.2, 0) is 0 Å². The van der Waals surface area contributed by atoms with Gasteiger partial charge in [0.1, 0.15) is 0 Å². The second-order valence-electron chi connectivity index (χ2n) is 3.22. The van der Waals surface area contributed by atoms with Gasteiger partial charge in [0.2, 0.25) is 0 Å². The number of likely N-dealkylation sites (N-methyl/N-ethyl adjacent to an activating group) is 1. The van der Waals surface area contributed by atoms with Gasteiger partial charge in [-0.1, -0.05) is 24.3 Å². The van der Waals surface area contributed by atoms with Crippen molar-refractivity contribution < 1.29 is 4.92 Å². The van der Waals surface area contributed by atoms with Crippen LogP contribution in [0.25, 0.3) is 6.08 Å². The summed E-state index contributed by atoms with van der Waals surface area (Å²) < 4.78 is 0. The first-order valence-corrected chi connectivity index (χ1v) is 4.72. The second-order valence-corrected chi connectivity index (χ2v) is 3.22. The topological polar surface area (TPSA) is 55.2 Å². The molecule has 0 spiro atoms. The van der Waals surface area contributed by atoms with E-state index in [2.05, 4.69) is 5.32 Å². The highest BCUT2D eigenvalue weighted by molar-refractivity contribution is 5.64. The normalized spacial score (nSPS) is 10.8. The summed E-state index contributed by atoms with van der Waals surface area (Å²) in [4.78, 5) is 10.4. The van der Waals surface area contributed by atoms with Gasteiger partial charge >= 0.3 is 0 Å². The van der Waals surface area contributed by atoms with Crippen LogP contribution in [0.15, 0.2) is 24.3 Å². The number of hydrogen-bond acceptors (Lipinski definition) is 3. The van der Waals surface area contributed by atoms with Crippen LogP contribution in [0.4, 0.5) is 5.69 Å². The average Bonchev–Trinajstić information content (AvgIpc) is 2.20. The van der Waals surface area contributed by atoms with E-state index in [0.29, 0.717) is 12.1 Å². The fraction of sp³-hybridized carbons (Fsp3) is 0.273. The van der Waals surface area contributed by atoms with Gasteiger partial charge in [-0.15, -0.1) is 0 Å². The Morgan fingerprint density at radius 3 is 2.87 bits per heavy atom. The molecule has 1 rings (SSSR count). The fourth-order valence-electron chi connectivity index (χ4n) is 1.34. The lowest BCUT2D eigenvalue weighted by Gasteiger charge is -2.01. The van der Waals surface area contributed by atoms with E-state index in [-0.39, 0.29) is 10.6 Å². The van der Waals surface area contributed by atoms with Gasteiger partial charge in [0.15, 0.2) is 0 Å². The van der Waals surface area contributed by atoms with Crippen molar-refractivity contribution in [2.45, 2.75) is 6.92 Å². The summed E-state index contributed by atoms with van der Waals surface area (Å²) in [7, 11) is 1.83. The van der Waals surface area contributed by atoms with Crippen LogP contribution in [0.5, 0.6) is 0 Å². The van der Waals surface area contributed by atoms with E-state index in [0.717, 1.165) is 5.56 Å². The Kier molecular flexibility index (Phi) is 4.00. The van der Waals surface area contributed by atoms with Crippen LogP contribution >= 0.6 is 0 Å². The van der Waals surface area contributed by atoms with Crippen molar-refractivity contribution >= 4 is 11.8 Å². The third kappa shape index (κ3) is 2.89. The van der Waals surface area contributed by atoms with Crippen LogP contribution < -0.4 is 5.32 Å². The highest BCUT2D eigenvalue weighted by Gasteiger charge is 2.11. The molecule has 15 heavy (non-hydrogen) atoms. The first-order valence-electron chi connectivity index (χ1n) is 4.72. The lowest BCUT2D eigenvalue weighted by molar-refractivity contribution is -0.385. The third-order valence-corrected chi connectivity index (χ3v) is 2.10. The molecule has 4 nitrogen and oxygen atoms in total. The van der Waals surface area contributed by atoms with E-state index in [1.54, 1.807) is 12.1 Å². The van der Waals surface area contributed by atoms with Crippen molar-refractivity contribution in [1.29, 1.82) is 0 Å². The zero-order valence-electron chi connectivity index (χ0n) is 8.86. The maximum atomic E-state index is 10.8. The van der Waals surface area contributed by atoms with Gasteiger partial charge < -0.3 is 5.32 Å². The summed E-state index contributed by atoms with van der Waals surface area (Å²) >= 11 is 0. The van der Waals surface area contributed by atoms with Crippen LogP contribution in [-0.4, -0.2) is 18.5 Å².